The summed E-state index contributed by atoms with van der Waals surface area (Å²) in [5.41, 5.74) is 6.51. The number of hydrogen-bond donors (Lipinski definition) is 3. The predicted molar refractivity (Wildman–Crippen MR) is 155 cm³/mol. The average Bonchev–Trinajstić information content (AvgIpc) is 3.72. The fourth-order valence-corrected chi connectivity index (χ4v) is 4.78. The number of ether oxygens (including phenoxy) is 2. The summed E-state index contributed by atoms with van der Waals surface area (Å²) in [6, 6.07) is 4.16. The van der Waals surface area contributed by atoms with Gasteiger partial charge in [-0.15, -0.1) is 0 Å². The highest BCUT2D eigenvalue weighted by Gasteiger charge is 2.27. The monoisotopic (exact) mass is 597 g/mol. The Labute approximate surface area is 241 Å². The van der Waals surface area contributed by atoms with E-state index in [1.54, 1.807) is 13.8 Å². The van der Waals surface area contributed by atoms with Crippen LogP contribution in [0.2, 0.25) is 0 Å². The lowest BCUT2D eigenvalue weighted by atomic mass is 10.1. The lowest BCUT2D eigenvalue weighted by Crippen LogP contribution is -2.53. The molecule has 2 atom stereocenters. The second kappa shape index (κ2) is 14.2. The quantitative estimate of drug-likeness (QED) is 0.268. The van der Waals surface area contributed by atoms with Crippen LogP contribution in [0.25, 0.3) is 0 Å². The number of halogens is 2. The van der Waals surface area contributed by atoms with Gasteiger partial charge in [0.05, 0.1) is 23.9 Å². The summed E-state index contributed by atoms with van der Waals surface area (Å²) < 4.78 is 65.4. The van der Waals surface area contributed by atoms with E-state index >= 15 is 0 Å². The van der Waals surface area contributed by atoms with Gasteiger partial charge in [0.2, 0.25) is 10.0 Å². The van der Waals surface area contributed by atoms with Gasteiger partial charge in [-0.05, 0) is 50.7 Å². The van der Waals surface area contributed by atoms with Gasteiger partial charge in [-0.2, -0.15) is 0 Å². The van der Waals surface area contributed by atoms with Crippen molar-refractivity contribution >= 4 is 27.6 Å². The maximum Gasteiger partial charge on any atom is 0.251 e. The molecule has 228 valence electrons. The molecule has 0 aliphatic heterocycles. The second-order valence-corrected chi connectivity index (χ2v) is 13.6. The molecule has 0 radical (unpaired) electrons. The molecule has 1 amide bonds. The molecule has 3 rings (SSSR count). The first-order valence-corrected chi connectivity index (χ1v) is 15.2. The first-order valence-electron chi connectivity index (χ1n) is 13.7. The van der Waals surface area contributed by atoms with Gasteiger partial charge in [0, 0.05) is 44.0 Å². The standard InChI is InChI=1S/C28H41F2N5O5S/c1-17(2)14-39-15-24(31)25(16-40-23-11-21(29)10-22(30)12-23)33-28(36)20-8-26(32-13-19-6-7-19)34-27(9-20)35(5)41(37,38)18(3)4/h8-12,17-19,24-25H,6-7,13-16,31H2,1-5H3,(H,32,34)(H,33,36)/t24-,25-/m0/s1. The maximum atomic E-state index is 13.7. The number of rotatable bonds is 16. The average molecular weight is 598 g/mol. The largest absolute Gasteiger partial charge is 0.491 e. The number of carbonyl (C=O) groups excluding carboxylic acids is 1. The van der Waals surface area contributed by atoms with Gasteiger partial charge < -0.3 is 25.8 Å². The Kier molecular flexibility index (Phi) is 11.3. The van der Waals surface area contributed by atoms with E-state index in [1.807, 2.05) is 13.8 Å². The molecule has 1 saturated carbocycles. The summed E-state index contributed by atoms with van der Waals surface area (Å²) in [4.78, 5) is 18.0. The molecule has 2 aromatic rings. The third-order valence-corrected chi connectivity index (χ3v) is 8.65. The molecule has 1 aromatic carbocycles. The molecule has 1 aromatic heterocycles. The first-order chi connectivity index (χ1) is 19.3. The number of sulfonamides is 1. The summed E-state index contributed by atoms with van der Waals surface area (Å²) in [7, 11) is -2.33. The highest BCUT2D eigenvalue weighted by Crippen LogP contribution is 2.29. The number of pyridine rings is 1. The Balaban J connectivity index is 1.85. The number of aromatic nitrogens is 1. The molecule has 0 saturated heterocycles. The Bertz CT molecular complexity index is 1270. The van der Waals surface area contributed by atoms with E-state index in [4.69, 9.17) is 15.2 Å². The van der Waals surface area contributed by atoms with Crippen LogP contribution in [0.15, 0.2) is 30.3 Å². The molecular weight excluding hydrogens is 556 g/mol. The van der Waals surface area contributed by atoms with Gasteiger partial charge in [0.15, 0.2) is 0 Å². The molecule has 4 N–H and O–H groups in total. The van der Waals surface area contributed by atoms with Crippen molar-refractivity contribution in [2.45, 2.75) is 57.9 Å². The number of hydrogen-bond acceptors (Lipinski definition) is 8. The van der Waals surface area contributed by atoms with Gasteiger partial charge in [-0.25, -0.2) is 22.2 Å². The number of nitrogens with zero attached hydrogens (tertiary/aromatic N) is 2. The topological polar surface area (TPSA) is 136 Å². The summed E-state index contributed by atoms with van der Waals surface area (Å²) in [5, 5.41) is 5.32. The van der Waals surface area contributed by atoms with Gasteiger partial charge in [-0.1, -0.05) is 13.8 Å². The van der Waals surface area contributed by atoms with Crippen LogP contribution in [0.4, 0.5) is 20.4 Å². The summed E-state index contributed by atoms with van der Waals surface area (Å²) >= 11 is 0. The predicted octanol–water partition coefficient (Wildman–Crippen LogP) is 3.53. The second-order valence-electron chi connectivity index (χ2n) is 11.1. The van der Waals surface area contributed by atoms with Crippen molar-refractivity contribution in [2.75, 3.05) is 43.0 Å². The van der Waals surface area contributed by atoms with E-state index in [9.17, 15) is 22.0 Å². The number of anilines is 2. The van der Waals surface area contributed by atoms with Gasteiger partial charge in [0.25, 0.3) is 5.91 Å². The maximum absolute atomic E-state index is 13.7. The van der Waals surface area contributed by atoms with Crippen molar-refractivity contribution in [3.63, 3.8) is 0 Å². The smallest absolute Gasteiger partial charge is 0.251 e. The van der Waals surface area contributed by atoms with Crippen molar-refractivity contribution in [1.82, 2.24) is 10.3 Å². The number of benzene rings is 1. The zero-order valence-corrected chi connectivity index (χ0v) is 25.0. The van der Waals surface area contributed by atoms with Crippen molar-refractivity contribution in [3.8, 4) is 5.75 Å². The van der Waals surface area contributed by atoms with E-state index in [2.05, 4.69) is 15.6 Å². The van der Waals surface area contributed by atoms with Crippen LogP contribution in [-0.4, -0.2) is 70.1 Å². The van der Waals surface area contributed by atoms with Crippen molar-refractivity contribution < 1.29 is 31.5 Å². The van der Waals surface area contributed by atoms with E-state index in [1.165, 1.54) is 19.2 Å². The van der Waals surface area contributed by atoms with Crippen LogP contribution in [0.1, 0.15) is 50.9 Å². The molecule has 1 fully saturated rings. The van der Waals surface area contributed by atoms with Gasteiger partial charge >= 0.3 is 0 Å². The Hall–Kier alpha value is -3.03. The minimum absolute atomic E-state index is 0.0599. The number of nitrogens with one attached hydrogen (secondary N) is 2. The fourth-order valence-electron chi connectivity index (χ4n) is 3.79. The minimum atomic E-state index is -3.71. The normalized spacial score (nSPS) is 15.1. The molecule has 1 aliphatic rings. The molecule has 10 nitrogen and oxygen atoms in total. The Morgan fingerprint density at radius 1 is 1.07 bits per heavy atom. The molecule has 0 bridgehead atoms. The van der Waals surface area contributed by atoms with Crippen LogP contribution in [0, 0.1) is 23.5 Å². The number of nitrogens with two attached hydrogens (primary N) is 1. The fraction of sp³-hybridized carbons (Fsp3) is 0.571. The molecule has 1 heterocycles. The van der Waals surface area contributed by atoms with Crippen LogP contribution >= 0.6 is 0 Å². The molecule has 0 spiro atoms. The van der Waals surface area contributed by atoms with Crippen LogP contribution in [0.5, 0.6) is 5.75 Å². The highest BCUT2D eigenvalue weighted by molar-refractivity contribution is 7.93. The van der Waals surface area contributed by atoms with Crippen molar-refractivity contribution in [1.29, 1.82) is 0 Å². The summed E-state index contributed by atoms with van der Waals surface area (Å²) in [6.07, 6.45) is 2.19. The Morgan fingerprint density at radius 3 is 2.32 bits per heavy atom. The molecule has 41 heavy (non-hydrogen) atoms. The lowest BCUT2D eigenvalue weighted by molar-refractivity contribution is 0.0752. The number of amides is 1. The summed E-state index contributed by atoms with van der Waals surface area (Å²) in [5.74, 6) is -1.02. The van der Waals surface area contributed by atoms with Crippen molar-refractivity contribution in [3.05, 3.63) is 47.5 Å². The summed E-state index contributed by atoms with van der Waals surface area (Å²) in [6.45, 7) is 8.08. The third kappa shape index (κ3) is 9.79. The van der Waals surface area contributed by atoms with E-state index < -0.39 is 44.9 Å². The van der Waals surface area contributed by atoms with Crippen LogP contribution < -0.4 is 25.4 Å². The molecule has 0 unspecified atom stereocenters. The molecular formula is C28H41F2N5O5S. The zero-order valence-electron chi connectivity index (χ0n) is 24.2. The number of carbonyl (C=O) groups is 1. The third-order valence-electron chi connectivity index (χ3n) is 6.50. The zero-order chi connectivity index (χ0) is 30.3. The van der Waals surface area contributed by atoms with Crippen LogP contribution in [0.3, 0.4) is 0 Å². The highest BCUT2D eigenvalue weighted by atomic mass is 32.2. The molecule has 1 aliphatic carbocycles. The SMILES string of the molecule is CC(C)COC[C@H](N)[C@H](COc1cc(F)cc(F)c1)NC(=O)c1cc(NCC2CC2)nc(N(C)S(=O)(=O)C(C)C)c1. The van der Waals surface area contributed by atoms with Crippen LogP contribution in [-0.2, 0) is 14.8 Å². The van der Waals surface area contributed by atoms with E-state index in [0.29, 0.717) is 24.9 Å². The first kappa shape index (κ1) is 32.5. The van der Waals surface area contributed by atoms with Crippen molar-refractivity contribution in [2.24, 2.45) is 17.6 Å². The van der Waals surface area contributed by atoms with Gasteiger partial charge in [0.1, 0.15) is 35.6 Å². The van der Waals surface area contributed by atoms with E-state index in [-0.39, 0.29) is 36.3 Å². The van der Waals surface area contributed by atoms with E-state index in [0.717, 1.165) is 35.3 Å². The molecule has 13 heteroatoms. The lowest BCUT2D eigenvalue weighted by Gasteiger charge is -2.26. The Morgan fingerprint density at radius 2 is 1.73 bits per heavy atom. The minimum Gasteiger partial charge on any atom is -0.491 e. The van der Waals surface area contributed by atoms with Gasteiger partial charge in [-0.3, -0.25) is 9.10 Å².